The number of hydrogen-bond acceptors (Lipinski definition) is 7. The number of likely N-dealkylation sites (tertiary alicyclic amines) is 1. The Morgan fingerprint density at radius 3 is 2.70 bits per heavy atom. The van der Waals surface area contributed by atoms with Crippen LogP contribution < -0.4 is 9.47 Å². The number of carbonyl (C=O) groups excluding carboxylic acids is 1. The number of piperidine rings is 1. The Kier molecular flexibility index (Phi) is 6.60. The molecule has 0 radical (unpaired) electrons. The topological polar surface area (TPSA) is 77.7 Å². The molecule has 0 N–H and O–H groups in total. The minimum atomic E-state index is 0.187. The van der Waals surface area contributed by atoms with Crippen LogP contribution in [0, 0.1) is 5.92 Å². The van der Waals surface area contributed by atoms with Gasteiger partial charge < -0.3 is 18.9 Å². The minimum absolute atomic E-state index is 0.187. The van der Waals surface area contributed by atoms with E-state index in [2.05, 4.69) is 17.1 Å². The molecule has 0 atom stereocenters. The molecule has 1 aromatic heterocycles. The van der Waals surface area contributed by atoms with E-state index in [4.69, 9.17) is 14.0 Å². The summed E-state index contributed by atoms with van der Waals surface area (Å²) in [7, 11) is 3.17. The monoisotopic (exact) mass is 391 g/mol. The van der Waals surface area contributed by atoms with Gasteiger partial charge in [0, 0.05) is 18.7 Å². The Balaban J connectivity index is 1.53. The van der Waals surface area contributed by atoms with Crippen LogP contribution in [0.2, 0.25) is 0 Å². The highest BCUT2D eigenvalue weighted by molar-refractivity contribution is 7.99. The van der Waals surface area contributed by atoms with Crippen molar-refractivity contribution in [2.24, 2.45) is 5.92 Å². The van der Waals surface area contributed by atoms with Crippen molar-refractivity contribution in [2.45, 2.75) is 25.5 Å². The van der Waals surface area contributed by atoms with E-state index in [9.17, 15) is 4.79 Å². The molecule has 1 amide bonds. The molecular formula is C19H25N3O4S. The summed E-state index contributed by atoms with van der Waals surface area (Å²) in [6.07, 6.45) is 2.18. The molecule has 1 aliphatic rings. The van der Waals surface area contributed by atoms with E-state index in [1.54, 1.807) is 20.3 Å². The highest BCUT2D eigenvalue weighted by Crippen LogP contribution is 2.31. The van der Waals surface area contributed by atoms with Crippen LogP contribution >= 0.6 is 11.8 Å². The van der Waals surface area contributed by atoms with Crippen molar-refractivity contribution in [1.29, 1.82) is 0 Å². The number of amides is 1. The number of ether oxygens (including phenoxy) is 2. The van der Waals surface area contributed by atoms with Crippen molar-refractivity contribution < 1.29 is 18.8 Å². The number of hydrogen-bond donors (Lipinski definition) is 0. The average Bonchev–Trinajstić information content (AvgIpc) is 3.16. The SMILES string of the molecule is COc1ccc(-c2noc(CSCC(=O)N3CCC(C)CC3)n2)cc1OC. The predicted octanol–water partition coefficient (Wildman–Crippen LogP) is 3.25. The van der Waals surface area contributed by atoms with Gasteiger partial charge in [0.2, 0.25) is 17.6 Å². The summed E-state index contributed by atoms with van der Waals surface area (Å²) in [4.78, 5) is 18.6. The van der Waals surface area contributed by atoms with Gasteiger partial charge >= 0.3 is 0 Å². The van der Waals surface area contributed by atoms with Crippen LogP contribution in [-0.2, 0) is 10.5 Å². The largest absolute Gasteiger partial charge is 0.493 e. The molecule has 2 heterocycles. The van der Waals surface area contributed by atoms with Crippen molar-refractivity contribution in [3.05, 3.63) is 24.1 Å². The van der Waals surface area contributed by atoms with E-state index in [1.165, 1.54) is 11.8 Å². The quantitative estimate of drug-likeness (QED) is 0.717. The molecule has 0 saturated carbocycles. The lowest BCUT2D eigenvalue weighted by Gasteiger charge is -2.30. The lowest BCUT2D eigenvalue weighted by Crippen LogP contribution is -2.38. The van der Waals surface area contributed by atoms with Crippen LogP contribution in [0.25, 0.3) is 11.4 Å². The molecule has 1 aromatic carbocycles. The second-order valence-corrected chi connectivity index (χ2v) is 7.62. The van der Waals surface area contributed by atoms with E-state index in [1.807, 2.05) is 17.0 Å². The van der Waals surface area contributed by atoms with Crippen LogP contribution in [0.3, 0.4) is 0 Å². The average molecular weight is 391 g/mol. The van der Waals surface area contributed by atoms with E-state index >= 15 is 0 Å². The Labute approximate surface area is 163 Å². The van der Waals surface area contributed by atoms with Crippen molar-refractivity contribution in [1.82, 2.24) is 15.0 Å². The summed E-state index contributed by atoms with van der Waals surface area (Å²) < 4.78 is 15.8. The Bertz CT molecular complexity index is 772. The molecule has 7 nitrogen and oxygen atoms in total. The van der Waals surface area contributed by atoms with Gasteiger partial charge in [-0.25, -0.2) is 0 Å². The maximum absolute atomic E-state index is 12.3. The standard InChI is InChI=1S/C19H25N3O4S/c1-13-6-8-22(9-7-13)18(23)12-27-11-17-20-19(21-26-17)14-4-5-15(24-2)16(10-14)25-3/h4-5,10,13H,6-9,11-12H2,1-3H3. The Hall–Kier alpha value is -2.22. The van der Waals surface area contributed by atoms with Crippen molar-refractivity contribution in [2.75, 3.05) is 33.1 Å². The van der Waals surface area contributed by atoms with Gasteiger partial charge in [-0.2, -0.15) is 4.98 Å². The molecule has 1 aliphatic heterocycles. The maximum Gasteiger partial charge on any atom is 0.236 e. The minimum Gasteiger partial charge on any atom is -0.493 e. The molecule has 0 aliphatic carbocycles. The van der Waals surface area contributed by atoms with Crippen molar-refractivity contribution in [3.63, 3.8) is 0 Å². The predicted molar refractivity (Wildman–Crippen MR) is 104 cm³/mol. The van der Waals surface area contributed by atoms with Gasteiger partial charge in [-0.3, -0.25) is 4.79 Å². The third-order valence-corrected chi connectivity index (χ3v) is 5.60. The molecule has 0 bridgehead atoms. The summed E-state index contributed by atoms with van der Waals surface area (Å²) in [5.41, 5.74) is 0.783. The first-order chi connectivity index (χ1) is 13.1. The maximum atomic E-state index is 12.3. The van der Waals surface area contributed by atoms with Gasteiger partial charge in [-0.05, 0) is 37.0 Å². The molecule has 3 rings (SSSR count). The highest BCUT2D eigenvalue weighted by atomic mass is 32.2. The molecule has 0 spiro atoms. The van der Waals surface area contributed by atoms with E-state index < -0.39 is 0 Å². The fourth-order valence-electron chi connectivity index (χ4n) is 2.98. The molecule has 8 heteroatoms. The van der Waals surface area contributed by atoms with Crippen molar-refractivity contribution in [3.8, 4) is 22.9 Å². The van der Waals surface area contributed by atoms with E-state index in [0.717, 1.165) is 37.4 Å². The van der Waals surface area contributed by atoms with Gasteiger partial charge in [0.1, 0.15) is 0 Å². The first-order valence-electron chi connectivity index (χ1n) is 9.01. The number of carbonyl (C=O) groups is 1. The third kappa shape index (κ3) is 4.94. The zero-order valence-corrected chi connectivity index (χ0v) is 16.8. The molecule has 27 heavy (non-hydrogen) atoms. The summed E-state index contributed by atoms with van der Waals surface area (Å²) >= 11 is 1.50. The number of rotatable bonds is 7. The Morgan fingerprint density at radius 1 is 1.26 bits per heavy atom. The van der Waals surface area contributed by atoms with Crippen LogP contribution in [-0.4, -0.2) is 54.0 Å². The number of aromatic nitrogens is 2. The lowest BCUT2D eigenvalue weighted by molar-refractivity contribution is -0.129. The fraction of sp³-hybridized carbons (Fsp3) is 0.526. The van der Waals surface area contributed by atoms with Gasteiger partial charge in [0.05, 0.1) is 25.7 Å². The van der Waals surface area contributed by atoms with Gasteiger partial charge in [0.25, 0.3) is 0 Å². The van der Waals surface area contributed by atoms with Gasteiger partial charge in [-0.1, -0.05) is 12.1 Å². The van der Waals surface area contributed by atoms with Crippen LogP contribution in [0.5, 0.6) is 11.5 Å². The summed E-state index contributed by atoms with van der Waals surface area (Å²) in [5, 5.41) is 4.02. The first kappa shape index (κ1) is 19.5. The smallest absolute Gasteiger partial charge is 0.236 e. The van der Waals surface area contributed by atoms with Crippen molar-refractivity contribution >= 4 is 17.7 Å². The van der Waals surface area contributed by atoms with Crippen LogP contribution in [0.4, 0.5) is 0 Å². The second kappa shape index (κ2) is 9.12. The number of methoxy groups -OCH3 is 2. The van der Waals surface area contributed by atoms with Crippen LogP contribution in [0.15, 0.2) is 22.7 Å². The molecule has 1 saturated heterocycles. The summed E-state index contributed by atoms with van der Waals surface area (Å²) in [6.45, 7) is 3.97. The zero-order valence-electron chi connectivity index (χ0n) is 15.9. The second-order valence-electron chi connectivity index (χ2n) is 6.64. The fourth-order valence-corrected chi connectivity index (χ4v) is 3.73. The summed E-state index contributed by atoms with van der Waals surface area (Å²) in [6, 6.07) is 5.46. The lowest BCUT2D eigenvalue weighted by atomic mass is 9.99. The summed E-state index contributed by atoms with van der Waals surface area (Å²) in [5.74, 6) is 4.09. The molecule has 0 unspecified atom stereocenters. The molecule has 1 fully saturated rings. The zero-order chi connectivity index (χ0) is 19.2. The van der Waals surface area contributed by atoms with Gasteiger partial charge in [0.15, 0.2) is 11.5 Å². The van der Waals surface area contributed by atoms with E-state index in [-0.39, 0.29) is 5.91 Å². The van der Waals surface area contributed by atoms with Crippen LogP contribution in [0.1, 0.15) is 25.7 Å². The Morgan fingerprint density at radius 2 is 2.00 bits per heavy atom. The molecule has 2 aromatic rings. The highest BCUT2D eigenvalue weighted by Gasteiger charge is 2.20. The molecular weight excluding hydrogens is 366 g/mol. The first-order valence-corrected chi connectivity index (χ1v) is 10.2. The number of thioether (sulfide) groups is 1. The van der Waals surface area contributed by atoms with E-state index in [0.29, 0.717) is 34.7 Å². The van der Waals surface area contributed by atoms with Gasteiger partial charge in [-0.15, -0.1) is 11.8 Å². The molecule has 146 valence electrons. The third-order valence-electron chi connectivity index (χ3n) is 4.70. The number of nitrogens with zero attached hydrogens (tertiary/aromatic N) is 3. The number of benzene rings is 1. The normalized spacial score (nSPS) is 15.0.